The number of ether oxygens (including phenoxy) is 2. The van der Waals surface area contributed by atoms with E-state index < -0.39 is 18.0 Å². The molecule has 0 bridgehead atoms. The quantitative estimate of drug-likeness (QED) is 0.401. The van der Waals surface area contributed by atoms with E-state index in [1.165, 1.54) is 25.6 Å². The van der Waals surface area contributed by atoms with E-state index in [9.17, 15) is 14.4 Å². The summed E-state index contributed by atoms with van der Waals surface area (Å²) in [7, 11) is 2.65. The predicted octanol–water partition coefficient (Wildman–Crippen LogP) is 2.92. The van der Waals surface area contributed by atoms with Crippen molar-refractivity contribution in [2.24, 2.45) is 4.99 Å². The molecule has 0 amide bonds. The van der Waals surface area contributed by atoms with E-state index in [2.05, 4.69) is 4.99 Å². The van der Waals surface area contributed by atoms with Crippen molar-refractivity contribution in [1.29, 1.82) is 0 Å². The molecule has 2 heterocycles. The van der Waals surface area contributed by atoms with Gasteiger partial charge < -0.3 is 9.47 Å². The lowest BCUT2D eigenvalue weighted by molar-refractivity contribution is -0.136. The highest BCUT2D eigenvalue weighted by molar-refractivity contribution is 7.98. The lowest BCUT2D eigenvalue weighted by Crippen LogP contribution is -2.39. The molecule has 3 aromatic rings. The third-order valence-electron chi connectivity index (χ3n) is 5.49. The SMILES string of the molecule is COC(=O)C1=C(C)N=c2s/c(=C\c3ccc(C(=O)OC)cc3)c(=O)n2[C@H]1c1ccc(SC)cc1. The molecule has 9 heteroatoms. The zero-order valence-electron chi connectivity index (χ0n) is 19.0. The van der Waals surface area contributed by atoms with Crippen LogP contribution in [-0.4, -0.2) is 37.0 Å². The summed E-state index contributed by atoms with van der Waals surface area (Å²) < 4.78 is 11.8. The van der Waals surface area contributed by atoms with Crippen LogP contribution in [0, 0.1) is 0 Å². The minimum Gasteiger partial charge on any atom is -0.466 e. The number of hydrogen-bond donors (Lipinski definition) is 0. The monoisotopic (exact) mass is 494 g/mol. The molecule has 0 N–H and O–H groups in total. The van der Waals surface area contributed by atoms with Crippen molar-refractivity contribution < 1.29 is 19.1 Å². The molecule has 0 unspecified atom stereocenters. The van der Waals surface area contributed by atoms with Crippen LogP contribution >= 0.6 is 23.1 Å². The molecule has 0 saturated heterocycles. The van der Waals surface area contributed by atoms with E-state index in [0.717, 1.165) is 16.0 Å². The summed E-state index contributed by atoms with van der Waals surface area (Å²) in [4.78, 5) is 44.1. The predicted molar refractivity (Wildman–Crippen MR) is 132 cm³/mol. The average Bonchev–Trinajstić information content (AvgIpc) is 3.16. The van der Waals surface area contributed by atoms with Gasteiger partial charge in [0.05, 0.1) is 41.6 Å². The number of methoxy groups -OCH3 is 2. The van der Waals surface area contributed by atoms with Gasteiger partial charge in [0.1, 0.15) is 0 Å². The molecule has 7 nitrogen and oxygen atoms in total. The van der Waals surface area contributed by atoms with E-state index >= 15 is 0 Å². The van der Waals surface area contributed by atoms with Gasteiger partial charge in [0.25, 0.3) is 5.56 Å². The van der Waals surface area contributed by atoms with Crippen molar-refractivity contribution >= 4 is 41.1 Å². The summed E-state index contributed by atoms with van der Waals surface area (Å²) in [6.45, 7) is 1.75. The molecule has 34 heavy (non-hydrogen) atoms. The van der Waals surface area contributed by atoms with Gasteiger partial charge >= 0.3 is 11.9 Å². The second kappa shape index (κ2) is 9.82. The number of rotatable bonds is 5. The first-order valence-corrected chi connectivity index (χ1v) is 12.3. The molecule has 0 saturated carbocycles. The van der Waals surface area contributed by atoms with Crippen molar-refractivity contribution in [2.75, 3.05) is 20.5 Å². The lowest BCUT2D eigenvalue weighted by Gasteiger charge is -2.24. The van der Waals surface area contributed by atoms with Gasteiger partial charge in [-0.1, -0.05) is 35.6 Å². The maximum atomic E-state index is 13.5. The molecule has 2 aromatic carbocycles. The van der Waals surface area contributed by atoms with Crippen molar-refractivity contribution in [3.8, 4) is 0 Å². The summed E-state index contributed by atoms with van der Waals surface area (Å²) in [6, 6.07) is 13.9. The number of aromatic nitrogens is 1. The first-order chi connectivity index (χ1) is 16.4. The Labute approximate surface area is 204 Å². The Bertz CT molecular complexity index is 1470. The Hall–Kier alpha value is -3.43. The normalized spacial score (nSPS) is 15.5. The minimum atomic E-state index is -0.650. The fourth-order valence-electron chi connectivity index (χ4n) is 3.78. The number of thiazole rings is 1. The molecule has 0 fully saturated rings. The van der Waals surface area contributed by atoms with E-state index in [1.54, 1.807) is 53.6 Å². The third kappa shape index (κ3) is 4.36. The van der Waals surface area contributed by atoms with Gasteiger partial charge in [0, 0.05) is 4.90 Å². The molecular formula is C25H22N2O5S2. The summed E-state index contributed by atoms with van der Waals surface area (Å²) in [5.41, 5.74) is 2.56. The van der Waals surface area contributed by atoms with E-state index in [4.69, 9.17) is 9.47 Å². The zero-order valence-corrected chi connectivity index (χ0v) is 20.7. The van der Waals surface area contributed by atoms with Crippen molar-refractivity contribution in [2.45, 2.75) is 17.9 Å². The van der Waals surface area contributed by atoms with Crippen molar-refractivity contribution in [3.63, 3.8) is 0 Å². The van der Waals surface area contributed by atoms with E-state index in [0.29, 0.717) is 26.2 Å². The summed E-state index contributed by atoms with van der Waals surface area (Å²) in [5, 5.41) is 0. The van der Waals surface area contributed by atoms with Crippen LogP contribution in [-0.2, 0) is 14.3 Å². The minimum absolute atomic E-state index is 0.256. The molecule has 4 rings (SSSR count). The standard InChI is InChI=1S/C25H22N2O5S2/c1-14-20(24(30)32-3)21(16-9-11-18(33-4)12-10-16)27-22(28)19(34-25(27)26-14)13-15-5-7-17(8-6-15)23(29)31-2/h5-13,21H,1-4H3/b19-13-/t21-/m0/s1. The second-order valence-corrected chi connectivity index (χ2v) is 9.35. The smallest absolute Gasteiger partial charge is 0.338 e. The van der Waals surface area contributed by atoms with Gasteiger partial charge in [-0.05, 0) is 54.6 Å². The van der Waals surface area contributed by atoms with Gasteiger partial charge in [0.2, 0.25) is 0 Å². The average molecular weight is 495 g/mol. The fraction of sp³-hybridized carbons (Fsp3) is 0.200. The van der Waals surface area contributed by atoms with Gasteiger partial charge in [0.15, 0.2) is 4.80 Å². The molecule has 1 aliphatic rings. The first-order valence-electron chi connectivity index (χ1n) is 10.3. The number of allylic oxidation sites excluding steroid dienone is 1. The van der Waals surface area contributed by atoms with Crippen LogP contribution < -0.4 is 14.9 Å². The zero-order chi connectivity index (χ0) is 24.4. The fourth-order valence-corrected chi connectivity index (χ4v) is 5.23. The number of carbonyl (C=O) groups is 2. The molecule has 174 valence electrons. The van der Waals surface area contributed by atoms with E-state index in [1.807, 2.05) is 30.5 Å². The van der Waals surface area contributed by atoms with Gasteiger partial charge in [-0.15, -0.1) is 11.8 Å². The van der Waals surface area contributed by atoms with Gasteiger partial charge in [-0.25, -0.2) is 14.6 Å². The number of carbonyl (C=O) groups excluding carboxylic acids is 2. The Morgan fingerprint density at radius 2 is 1.68 bits per heavy atom. The third-order valence-corrected chi connectivity index (χ3v) is 7.21. The van der Waals surface area contributed by atoms with E-state index in [-0.39, 0.29) is 5.56 Å². The topological polar surface area (TPSA) is 87.0 Å². The van der Waals surface area contributed by atoms with Gasteiger partial charge in [-0.2, -0.15) is 0 Å². The summed E-state index contributed by atoms with van der Waals surface area (Å²) in [6.07, 6.45) is 3.73. The van der Waals surface area contributed by atoms with Crippen molar-refractivity contribution in [1.82, 2.24) is 4.57 Å². The van der Waals surface area contributed by atoms with Gasteiger partial charge in [-0.3, -0.25) is 9.36 Å². The van der Waals surface area contributed by atoms with Crippen LogP contribution in [0.1, 0.15) is 34.5 Å². The number of esters is 2. The maximum Gasteiger partial charge on any atom is 0.338 e. The van der Waals surface area contributed by atoms with Crippen LogP contribution in [0.25, 0.3) is 6.08 Å². The van der Waals surface area contributed by atoms with Crippen LogP contribution in [0.2, 0.25) is 0 Å². The highest BCUT2D eigenvalue weighted by Crippen LogP contribution is 2.31. The highest BCUT2D eigenvalue weighted by atomic mass is 32.2. The Kier molecular flexibility index (Phi) is 6.85. The number of benzene rings is 2. The van der Waals surface area contributed by atoms with Crippen LogP contribution in [0.5, 0.6) is 0 Å². The maximum absolute atomic E-state index is 13.5. The lowest BCUT2D eigenvalue weighted by atomic mass is 9.96. The number of fused-ring (bicyclic) bond motifs is 1. The summed E-state index contributed by atoms with van der Waals surface area (Å²) >= 11 is 2.86. The first kappa shape index (κ1) is 23.7. The van der Waals surface area contributed by atoms with Crippen LogP contribution in [0.15, 0.2) is 74.5 Å². The highest BCUT2D eigenvalue weighted by Gasteiger charge is 2.33. The molecule has 0 radical (unpaired) electrons. The molecule has 0 spiro atoms. The molecule has 1 atom stereocenters. The number of thioether (sulfide) groups is 1. The Morgan fingerprint density at radius 1 is 1.03 bits per heavy atom. The van der Waals surface area contributed by atoms with Crippen molar-refractivity contribution in [3.05, 3.63) is 96.2 Å². The molecule has 1 aliphatic heterocycles. The second-order valence-electron chi connectivity index (χ2n) is 7.46. The largest absolute Gasteiger partial charge is 0.466 e. The number of hydrogen-bond acceptors (Lipinski definition) is 8. The molecule has 0 aliphatic carbocycles. The Balaban J connectivity index is 1.87. The number of nitrogens with zero attached hydrogens (tertiary/aromatic N) is 2. The molecule has 1 aromatic heterocycles. The summed E-state index contributed by atoms with van der Waals surface area (Å²) in [5.74, 6) is -0.947. The van der Waals surface area contributed by atoms with Crippen LogP contribution in [0.4, 0.5) is 0 Å². The molecular weight excluding hydrogens is 472 g/mol. The van der Waals surface area contributed by atoms with Crippen LogP contribution in [0.3, 0.4) is 0 Å². The Morgan fingerprint density at radius 3 is 2.26 bits per heavy atom.